The minimum atomic E-state index is -0.155. The van der Waals surface area contributed by atoms with E-state index in [0.29, 0.717) is 12.8 Å². The molecule has 1 atom stereocenters. The molecule has 0 aliphatic carbocycles. The molecule has 2 amide bonds. The maximum atomic E-state index is 12.3. The molecular formula is C23H24N2O3. The van der Waals surface area contributed by atoms with E-state index in [2.05, 4.69) is 10.6 Å². The highest BCUT2D eigenvalue weighted by atomic mass is 16.3. The van der Waals surface area contributed by atoms with Crippen LogP contribution in [-0.4, -0.2) is 11.8 Å². The number of nitrogens with one attached hydrogen (secondary N) is 2. The Hall–Kier alpha value is -3.34. The summed E-state index contributed by atoms with van der Waals surface area (Å²) in [7, 11) is 0. The van der Waals surface area contributed by atoms with Crippen molar-refractivity contribution >= 4 is 17.5 Å². The van der Waals surface area contributed by atoms with E-state index in [1.165, 1.54) is 6.92 Å². The van der Waals surface area contributed by atoms with Gasteiger partial charge in [0.1, 0.15) is 11.5 Å². The van der Waals surface area contributed by atoms with Crippen LogP contribution in [0, 0.1) is 0 Å². The molecule has 28 heavy (non-hydrogen) atoms. The van der Waals surface area contributed by atoms with E-state index in [-0.39, 0.29) is 17.9 Å². The lowest BCUT2D eigenvalue weighted by Crippen LogP contribution is -2.26. The summed E-state index contributed by atoms with van der Waals surface area (Å²) in [6.07, 6.45) is 0.884. The van der Waals surface area contributed by atoms with Gasteiger partial charge >= 0.3 is 0 Å². The lowest BCUT2D eigenvalue weighted by atomic mass is 10.1. The van der Waals surface area contributed by atoms with Crippen molar-refractivity contribution in [2.75, 3.05) is 5.32 Å². The molecule has 3 aromatic rings. The summed E-state index contributed by atoms with van der Waals surface area (Å²) in [6.45, 7) is 3.39. The van der Waals surface area contributed by atoms with Crippen molar-refractivity contribution in [3.05, 3.63) is 78.1 Å². The fourth-order valence-corrected chi connectivity index (χ4v) is 2.99. The van der Waals surface area contributed by atoms with E-state index < -0.39 is 0 Å². The van der Waals surface area contributed by atoms with Crippen molar-refractivity contribution in [1.82, 2.24) is 5.32 Å². The van der Waals surface area contributed by atoms with Crippen LogP contribution in [0.2, 0.25) is 0 Å². The number of rotatable bonds is 7. The molecule has 0 aliphatic rings. The number of hydrogen-bond acceptors (Lipinski definition) is 3. The molecule has 0 saturated heterocycles. The van der Waals surface area contributed by atoms with E-state index in [1.54, 1.807) is 0 Å². The fraction of sp³-hybridized carbons (Fsp3) is 0.217. The van der Waals surface area contributed by atoms with Crippen LogP contribution in [0.4, 0.5) is 5.69 Å². The molecular weight excluding hydrogens is 352 g/mol. The summed E-state index contributed by atoms with van der Waals surface area (Å²) < 4.78 is 5.84. The van der Waals surface area contributed by atoms with Crippen LogP contribution in [0.1, 0.15) is 37.6 Å². The lowest BCUT2D eigenvalue weighted by molar-refractivity contribution is -0.121. The third-order valence-corrected chi connectivity index (χ3v) is 4.40. The minimum Gasteiger partial charge on any atom is -0.461 e. The van der Waals surface area contributed by atoms with Crippen LogP contribution in [0.15, 0.2) is 71.1 Å². The molecule has 2 aromatic carbocycles. The number of aryl methyl sites for hydroxylation is 1. The number of benzene rings is 2. The predicted octanol–water partition coefficient (Wildman–Crippen LogP) is 4.72. The Bertz CT molecular complexity index is 947. The number of carbonyl (C=O) groups is 2. The molecule has 0 radical (unpaired) electrons. The van der Waals surface area contributed by atoms with Gasteiger partial charge in [0.15, 0.2) is 0 Å². The highest BCUT2D eigenvalue weighted by Crippen LogP contribution is 2.22. The second-order valence-corrected chi connectivity index (χ2v) is 6.73. The summed E-state index contributed by atoms with van der Waals surface area (Å²) in [4.78, 5) is 23.5. The monoisotopic (exact) mass is 376 g/mol. The highest BCUT2D eigenvalue weighted by Gasteiger charge is 2.12. The summed E-state index contributed by atoms with van der Waals surface area (Å²) in [5, 5.41) is 5.74. The van der Waals surface area contributed by atoms with Crippen LogP contribution in [0.3, 0.4) is 0 Å². The van der Waals surface area contributed by atoms with Crippen molar-refractivity contribution in [3.8, 4) is 11.3 Å². The normalized spacial score (nSPS) is 11.6. The first-order chi connectivity index (χ1) is 13.5. The number of anilines is 1. The fourth-order valence-electron chi connectivity index (χ4n) is 2.99. The van der Waals surface area contributed by atoms with E-state index in [4.69, 9.17) is 4.42 Å². The van der Waals surface area contributed by atoms with Crippen molar-refractivity contribution in [2.24, 2.45) is 0 Å². The number of furan rings is 1. The second kappa shape index (κ2) is 9.04. The maximum Gasteiger partial charge on any atom is 0.221 e. The predicted molar refractivity (Wildman–Crippen MR) is 110 cm³/mol. The molecule has 5 heteroatoms. The molecule has 1 heterocycles. The van der Waals surface area contributed by atoms with Gasteiger partial charge in [-0.3, -0.25) is 9.59 Å². The zero-order chi connectivity index (χ0) is 19.9. The van der Waals surface area contributed by atoms with Gasteiger partial charge in [0.05, 0.1) is 6.04 Å². The van der Waals surface area contributed by atoms with E-state index in [1.807, 2.05) is 73.7 Å². The first-order valence-electron chi connectivity index (χ1n) is 9.32. The SMILES string of the molecule is CC(=O)Nc1cccc(C(C)NC(=O)CCc2ccc(-c3ccccc3)o2)c1. The van der Waals surface area contributed by atoms with Crippen LogP contribution in [0.25, 0.3) is 11.3 Å². The molecule has 2 N–H and O–H groups in total. The smallest absolute Gasteiger partial charge is 0.221 e. The van der Waals surface area contributed by atoms with Gasteiger partial charge in [-0.05, 0) is 36.8 Å². The number of hydrogen-bond donors (Lipinski definition) is 2. The molecule has 1 unspecified atom stereocenters. The summed E-state index contributed by atoms with van der Waals surface area (Å²) >= 11 is 0. The standard InChI is InChI=1S/C23H24N2O3/c1-16(19-9-6-10-20(15-19)25-17(2)26)24-23(27)14-12-21-11-13-22(28-21)18-7-4-3-5-8-18/h3-11,13,15-16H,12,14H2,1-2H3,(H,24,27)(H,25,26). The Kier molecular flexibility index (Phi) is 6.27. The van der Waals surface area contributed by atoms with Gasteiger partial charge in [0, 0.05) is 31.0 Å². The average molecular weight is 376 g/mol. The summed E-state index contributed by atoms with van der Waals surface area (Å²) in [5.74, 6) is 1.42. The Balaban J connectivity index is 1.53. The van der Waals surface area contributed by atoms with E-state index in [9.17, 15) is 9.59 Å². The Labute approximate surface area is 164 Å². The quantitative estimate of drug-likeness (QED) is 0.627. The first kappa shape index (κ1) is 19.4. The molecule has 0 spiro atoms. The molecule has 1 aromatic heterocycles. The van der Waals surface area contributed by atoms with E-state index in [0.717, 1.165) is 28.3 Å². The summed E-state index contributed by atoms with van der Waals surface area (Å²) in [5.41, 5.74) is 2.67. The van der Waals surface area contributed by atoms with Crippen LogP contribution < -0.4 is 10.6 Å². The minimum absolute atomic E-state index is 0.0462. The number of amides is 2. The molecule has 0 fully saturated rings. The Morgan fingerprint density at radius 3 is 2.54 bits per heavy atom. The highest BCUT2D eigenvalue weighted by molar-refractivity contribution is 5.88. The lowest BCUT2D eigenvalue weighted by Gasteiger charge is -2.15. The molecule has 3 rings (SSSR count). The van der Waals surface area contributed by atoms with Crippen LogP contribution in [0.5, 0.6) is 0 Å². The van der Waals surface area contributed by atoms with Gasteiger partial charge in [0.2, 0.25) is 11.8 Å². The van der Waals surface area contributed by atoms with Gasteiger partial charge in [0.25, 0.3) is 0 Å². The zero-order valence-corrected chi connectivity index (χ0v) is 16.1. The third kappa shape index (κ3) is 5.33. The summed E-state index contributed by atoms with van der Waals surface area (Å²) in [6, 6.07) is 21.0. The maximum absolute atomic E-state index is 12.3. The van der Waals surface area contributed by atoms with Crippen LogP contribution in [-0.2, 0) is 16.0 Å². The third-order valence-electron chi connectivity index (χ3n) is 4.40. The van der Waals surface area contributed by atoms with Crippen LogP contribution >= 0.6 is 0 Å². The van der Waals surface area contributed by atoms with E-state index >= 15 is 0 Å². The Morgan fingerprint density at radius 1 is 1.00 bits per heavy atom. The largest absolute Gasteiger partial charge is 0.461 e. The molecule has 144 valence electrons. The molecule has 0 aliphatic heterocycles. The average Bonchev–Trinajstić information content (AvgIpc) is 3.16. The van der Waals surface area contributed by atoms with Gasteiger partial charge in [-0.25, -0.2) is 0 Å². The van der Waals surface area contributed by atoms with Crippen molar-refractivity contribution < 1.29 is 14.0 Å². The van der Waals surface area contributed by atoms with Gasteiger partial charge in [-0.15, -0.1) is 0 Å². The van der Waals surface area contributed by atoms with Gasteiger partial charge in [-0.2, -0.15) is 0 Å². The number of carbonyl (C=O) groups excluding carboxylic acids is 2. The topological polar surface area (TPSA) is 71.3 Å². The van der Waals surface area contributed by atoms with Gasteiger partial charge < -0.3 is 15.1 Å². The van der Waals surface area contributed by atoms with Crippen molar-refractivity contribution in [1.29, 1.82) is 0 Å². The molecule has 5 nitrogen and oxygen atoms in total. The first-order valence-corrected chi connectivity index (χ1v) is 9.32. The van der Waals surface area contributed by atoms with Crippen molar-refractivity contribution in [2.45, 2.75) is 32.7 Å². The zero-order valence-electron chi connectivity index (χ0n) is 16.1. The molecule has 0 bridgehead atoms. The van der Waals surface area contributed by atoms with Gasteiger partial charge in [-0.1, -0.05) is 42.5 Å². The molecule has 0 saturated carbocycles. The van der Waals surface area contributed by atoms with Crippen molar-refractivity contribution in [3.63, 3.8) is 0 Å². The second-order valence-electron chi connectivity index (χ2n) is 6.73. The Morgan fingerprint density at radius 2 is 1.79 bits per heavy atom.